The highest BCUT2D eigenvalue weighted by molar-refractivity contribution is 6.00. The summed E-state index contributed by atoms with van der Waals surface area (Å²) in [5.74, 6) is 0.638. The van der Waals surface area contributed by atoms with Crippen LogP contribution in [-0.4, -0.2) is 30.4 Å². The molecule has 0 radical (unpaired) electrons. The van der Waals surface area contributed by atoms with Crippen LogP contribution in [0.25, 0.3) is 11.4 Å². The summed E-state index contributed by atoms with van der Waals surface area (Å²) in [5.41, 5.74) is 2.04. The summed E-state index contributed by atoms with van der Waals surface area (Å²) in [6.07, 6.45) is 0.981. The molecule has 0 fully saturated rings. The van der Waals surface area contributed by atoms with Crippen molar-refractivity contribution in [2.24, 2.45) is 5.41 Å². The molecule has 11 heteroatoms. The van der Waals surface area contributed by atoms with Gasteiger partial charge in [-0.05, 0) is 29.5 Å². The third-order valence-electron chi connectivity index (χ3n) is 6.07. The molecule has 0 saturated heterocycles. The molecular formula is C23H20N6O5. The topological polar surface area (TPSA) is 146 Å². The van der Waals surface area contributed by atoms with Gasteiger partial charge in [0.25, 0.3) is 11.4 Å². The third kappa shape index (κ3) is 3.60. The van der Waals surface area contributed by atoms with E-state index in [0.717, 1.165) is 5.70 Å². The fourth-order valence-corrected chi connectivity index (χ4v) is 4.58. The van der Waals surface area contributed by atoms with Crippen molar-refractivity contribution >= 4 is 23.1 Å². The molecule has 0 bridgehead atoms. The van der Waals surface area contributed by atoms with Crippen LogP contribution < -0.4 is 5.32 Å². The van der Waals surface area contributed by atoms with Gasteiger partial charge in [0.05, 0.1) is 9.85 Å². The molecule has 0 spiro atoms. The van der Waals surface area contributed by atoms with Gasteiger partial charge in [0.15, 0.2) is 11.6 Å². The van der Waals surface area contributed by atoms with E-state index in [1.54, 1.807) is 28.9 Å². The van der Waals surface area contributed by atoms with Crippen LogP contribution in [0.4, 0.5) is 17.3 Å². The molecule has 0 amide bonds. The Morgan fingerprint density at radius 2 is 1.74 bits per heavy atom. The minimum atomic E-state index is -0.629. The number of ketones is 1. The number of aromatic nitrogens is 3. The van der Waals surface area contributed by atoms with Crippen LogP contribution in [0.1, 0.15) is 38.3 Å². The van der Waals surface area contributed by atoms with Crippen LogP contribution in [0.3, 0.4) is 0 Å². The first-order chi connectivity index (χ1) is 16.1. The first-order valence-electron chi connectivity index (χ1n) is 10.6. The van der Waals surface area contributed by atoms with E-state index in [1.807, 2.05) is 13.8 Å². The Bertz CT molecular complexity index is 1390. The van der Waals surface area contributed by atoms with Gasteiger partial charge in [-0.3, -0.25) is 25.0 Å². The molecule has 1 atom stereocenters. The van der Waals surface area contributed by atoms with Crippen molar-refractivity contribution in [3.05, 3.63) is 85.6 Å². The van der Waals surface area contributed by atoms with E-state index in [4.69, 9.17) is 0 Å². The highest BCUT2D eigenvalue weighted by atomic mass is 16.6. The van der Waals surface area contributed by atoms with E-state index in [1.165, 1.54) is 24.3 Å². The van der Waals surface area contributed by atoms with Gasteiger partial charge in [0, 0.05) is 47.5 Å². The number of carbonyl (C=O) groups excluding carboxylic acids is 1. The van der Waals surface area contributed by atoms with E-state index in [2.05, 4.69) is 15.4 Å². The highest BCUT2D eigenvalue weighted by Crippen LogP contribution is 2.45. The SMILES string of the molecule is CC1(C)CC(=O)C2=C(C1)Nc1nc(-c3cccc([N+](=O)[O-])c3)nn1C2c1ccc([N+](=O)[O-])cc1. The zero-order valence-electron chi connectivity index (χ0n) is 18.4. The van der Waals surface area contributed by atoms with Gasteiger partial charge < -0.3 is 5.32 Å². The second kappa shape index (κ2) is 7.58. The molecule has 1 N–H and O–H groups in total. The Balaban J connectivity index is 1.66. The quantitative estimate of drug-likeness (QED) is 0.445. The van der Waals surface area contributed by atoms with Gasteiger partial charge in [-0.25, -0.2) is 4.68 Å². The van der Waals surface area contributed by atoms with Crippen LogP contribution in [0, 0.1) is 25.6 Å². The monoisotopic (exact) mass is 460 g/mol. The van der Waals surface area contributed by atoms with E-state index in [-0.39, 0.29) is 28.4 Å². The number of nitrogens with one attached hydrogen (secondary N) is 1. The Labute approximate surface area is 193 Å². The number of benzene rings is 2. The predicted molar refractivity (Wildman–Crippen MR) is 122 cm³/mol. The van der Waals surface area contributed by atoms with Crippen molar-refractivity contribution in [2.75, 3.05) is 5.32 Å². The highest BCUT2D eigenvalue weighted by Gasteiger charge is 2.42. The molecule has 2 aliphatic rings. The van der Waals surface area contributed by atoms with Gasteiger partial charge in [-0.1, -0.05) is 26.0 Å². The molecule has 2 aromatic carbocycles. The zero-order valence-corrected chi connectivity index (χ0v) is 18.4. The molecule has 1 aromatic heterocycles. The summed E-state index contributed by atoms with van der Waals surface area (Å²) >= 11 is 0. The molecule has 1 aliphatic heterocycles. The van der Waals surface area contributed by atoms with Crippen molar-refractivity contribution in [2.45, 2.75) is 32.7 Å². The van der Waals surface area contributed by atoms with Gasteiger partial charge >= 0.3 is 0 Å². The van der Waals surface area contributed by atoms with Crippen LogP contribution in [0.5, 0.6) is 0 Å². The average molecular weight is 460 g/mol. The van der Waals surface area contributed by atoms with E-state index in [0.29, 0.717) is 35.5 Å². The lowest BCUT2D eigenvalue weighted by atomic mass is 9.73. The van der Waals surface area contributed by atoms with Crippen LogP contribution in [0.15, 0.2) is 59.8 Å². The number of nitrogens with zero attached hydrogens (tertiary/aromatic N) is 5. The van der Waals surface area contributed by atoms with Gasteiger partial charge in [0.2, 0.25) is 5.95 Å². The summed E-state index contributed by atoms with van der Waals surface area (Å²) in [4.78, 5) is 39.2. The molecule has 2 heterocycles. The standard InChI is InChI=1S/C23H20N6O5/c1-23(2)11-17-19(18(30)12-23)20(13-6-8-15(9-7-13)28(31)32)27-22(24-17)25-21(26-27)14-4-3-5-16(10-14)29(33)34/h3-10,20H,11-12H2,1-2H3,(H,24,25,26). The zero-order chi connectivity index (χ0) is 24.2. The van der Waals surface area contributed by atoms with Crippen molar-refractivity contribution < 1.29 is 14.6 Å². The number of hydrogen-bond donors (Lipinski definition) is 1. The van der Waals surface area contributed by atoms with Crippen molar-refractivity contribution in [1.29, 1.82) is 0 Å². The lowest BCUT2D eigenvalue weighted by Gasteiger charge is -2.38. The Morgan fingerprint density at radius 3 is 2.41 bits per heavy atom. The van der Waals surface area contributed by atoms with Gasteiger partial charge in [0.1, 0.15) is 6.04 Å². The summed E-state index contributed by atoms with van der Waals surface area (Å²) in [7, 11) is 0. The number of nitro groups is 2. The minimum Gasteiger partial charge on any atom is -0.328 e. The van der Waals surface area contributed by atoms with Gasteiger partial charge in [-0.2, -0.15) is 4.98 Å². The molecule has 0 saturated carbocycles. The second-order valence-corrected chi connectivity index (χ2v) is 9.22. The lowest BCUT2D eigenvalue weighted by molar-refractivity contribution is -0.385. The summed E-state index contributed by atoms with van der Waals surface area (Å²) < 4.78 is 1.57. The summed E-state index contributed by atoms with van der Waals surface area (Å²) in [6, 6.07) is 11.4. The maximum absolute atomic E-state index is 13.3. The summed E-state index contributed by atoms with van der Waals surface area (Å²) in [6.45, 7) is 4.04. The Hall–Kier alpha value is -4.41. The lowest BCUT2D eigenvalue weighted by Crippen LogP contribution is -2.36. The fourth-order valence-electron chi connectivity index (χ4n) is 4.58. The second-order valence-electron chi connectivity index (χ2n) is 9.22. The molecule has 3 aromatic rings. The first kappa shape index (κ1) is 21.4. The smallest absolute Gasteiger partial charge is 0.270 e. The van der Waals surface area contributed by atoms with Crippen LogP contribution in [-0.2, 0) is 4.79 Å². The summed E-state index contributed by atoms with van der Waals surface area (Å²) in [5, 5.41) is 30.2. The third-order valence-corrected chi connectivity index (χ3v) is 6.07. The normalized spacial score (nSPS) is 18.6. The first-order valence-corrected chi connectivity index (χ1v) is 10.6. The largest absolute Gasteiger partial charge is 0.328 e. The molecular weight excluding hydrogens is 440 g/mol. The molecule has 11 nitrogen and oxygen atoms in total. The number of carbonyl (C=O) groups is 1. The fraction of sp³-hybridized carbons (Fsp3) is 0.261. The van der Waals surface area contributed by atoms with Crippen molar-refractivity contribution in [3.63, 3.8) is 0 Å². The predicted octanol–water partition coefficient (Wildman–Crippen LogP) is 4.42. The number of allylic oxidation sites excluding steroid dienone is 2. The number of nitro benzene ring substituents is 2. The molecule has 1 unspecified atom stereocenters. The van der Waals surface area contributed by atoms with Gasteiger partial charge in [-0.15, -0.1) is 5.10 Å². The average Bonchev–Trinajstić information content (AvgIpc) is 3.20. The van der Waals surface area contributed by atoms with Crippen molar-refractivity contribution in [1.82, 2.24) is 14.8 Å². The van der Waals surface area contributed by atoms with E-state index in [9.17, 15) is 25.0 Å². The van der Waals surface area contributed by atoms with Crippen molar-refractivity contribution in [3.8, 4) is 11.4 Å². The van der Waals surface area contributed by atoms with Crippen LogP contribution in [0.2, 0.25) is 0 Å². The molecule has 172 valence electrons. The Morgan fingerprint density at radius 1 is 1.03 bits per heavy atom. The van der Waals surface area contributed by atoms with E-state index >= 15 is 0 Å². The molecule has 1 aliphatic carbocycles. The number of hydrogen-bond acceptors (Lipinski definition) is 8. The molecule has 5 rings (SSSR count). The number of rotatable bonds is 4. The maximum Gasteiger partial charge on any atom is 0.270 e. The molecule has 34 heavy (non-hydrogen) atoms. The number of Topliss-reactive ketones (excluding diaryl/α,β-unsaturated/α-hetero) is 1. The number of anilines is 1. The maximum atomic E-state index is 13.3. The number of fused-ring (bicyclic) bond motifs is 1. The van der Waals surface area contributed by atoms with E-state index < -0.39 is 15.9 Å². The Kier molecular flexibility index (Phi) is 4.78. The minimum absolute atomic E-state index is 0.0276. The number of non-ortho nitro benzene ring substituents is 2. The van der Waals surface area contributed by atoms with Crippen LogP contribution >= 0.6 is 0 Å².